The highest BCUT2D eigenvalue weighted by Crippen LogP contribution is 2.23. The maximum absolute atomic E-state index is 14.9. The number of piperazine rings is 1. The molecular formula is C24H38FN5O2. The fourth-order valence-electron chi connectivity index (χ4n) is 4.79. The summed E-state index contributed by atoms with van der Waals surface area (Å²) in [5, 5.41) is 3.39. The second kappa shape index (κ2) is 11.3. The maximum atomic E-state index is 14.9. The Balaban J connectivity index is 1.39. The van der Waals surface area contributed by atoms with Gasteiger partial charge in [0.15, 0.2) is 5.96 Å². The van der Waals surface area contributed by atoms with Gasteiger partial charge in [0, 0.05) is 52.4 Å². The van der Waals surface area contributed by atoms with Crippen molar-refractivity contribution in [2.45, 2.75) is 45.4 Å². The van der Waals surface area contributed by atoms with E-state index in [0.717, 1.165) is 83.3 Å². The smallest absolute Gasteiger partial charge is 0.194 e. The molecule has 8 heteroatoms. The third-order valence-corrected chi connectivity index (χ3v) is 6.69. The number of hydrogen-bond donors (Lipinski definition) is 1. The molecule has 2 atom stereocenters. The van der Waals surface area contributed by atoms with Crippen molar-refractivity contribution in [3.05, 3.63) is 29.6 Å². The predicted molar refractivity (Wildman–Crippen MR) is 126 cm³/mol. The zero-order valence-corrected chi connectivity index (χ0v) is 19.6. The molecule has 0 spiro atoms. The fraction of sp³-hybridized carbons (Fsp3) is 0.708. The normalized spacial score (nSPS) is 25.4. The zero-order valence-electron chi connectivity index (χ0n) is 19.6. The van der Waals surface area contributed by atoms with E-state index in [1.165, 1.54) is 0 Å². The van der Waals surface area contributed by atoms with Crippen molar-refractivity contribution in [1.82, 2.24) is 15.1 Å². The van der Waals surface area contributed by atoms with Gasteiger partial charge in [0.25, 0.3) is 0 Å². The van der Waals surface area contributed by atoms with Gasteiger partial charge in [-0.2, -0.15) is 0 Å². The minimum atomic E-state index is -0.155. The first-order chi connectivity index (χ1) is 15.7. The molecule has 1 N–H and O–H groups in total. The molecule has 3 saturated heterocycles. The molecule has 3 aliphatic heterocycles. The number of morpholine rings is 1. The van der Waals surface area contributed by atoms with Gasteiger partial charge in [0.1, 0.15) is 11.9 Å². The summed E-state index contributed by atoms with van der Waals surface area (Å²) < 4.78 is 26.7. The summed E-state index contributed by atoms with van der Waals surface area (Å²) in [7, 11) is 0. The highest BCUT2D eigenvalue weighted by atomic mass is 19.1. The second-order valence-electron chi connectivity index (χ2n) is 8.78. The van der Waals surface area contributed by atoms with E-state index in [1.54, 1.807) is 6.07 Å². The van der Waals surface area contributed by atoms with E-state index in [0.29, 0.717) is 18.8 Å². The first-order valence-electron chi connectivity index (χ1n) is 12.2. The number of hydrogen-bond acceptors (Lipinski definition) is 5. The summed E-state index contributed by atoms with van der Waals surface area (Å²) in [5.41, 5.74) is 1.59. The monoisotopic (exact) mass is 447 g/mol. The van der Waals surface area contributed by atoms with Crippen LogP contribution in [0.15, 0.2) is 23.2 Å². The predicted octanol–water partition coefficient (Wildman–Crippen LogP) is 2.31. The van der Waals surface area contributed by atoms with E-state index in [4.69, 9.17) is 14.5 Å². The third kappa shape index (κ3) is 5.71. The minimum absolute atomic E-state index is 0.0833. The van der Waals surface area contributed by atoms with Crippen LogP contribution in [0.1, 0.15) is 32.3 Å². The van der Waals surface area contributed by atoms with Crippen LogP contribution in [0.2, 0.25) is 0 Å². The summed E-state index contributed by atoms with van der Waals surface area (Å²) >= 11 is 0. The SMILES string of the molecule is CCNC(=NCc1ccc(N2CCN(CC)CC2)c(F)c1)N1CCOC(C2CCCO2)C1. The van der Waals surface area contributed by atoms with Crippen molar-refractivity contribution < 1.29 is 13.9 Å². The van der Waals surface area contributed by atoms with Gasteiger partial charge < -0.3 is 29.5 Å². The van der Waals surface area contributed by atoms with E-state index < -0.39 is 0 Å². The Hall–Kier alpha value is -1.90. The number of ether oxygens (including phenoxy) is 2. The summed E-state index contributed by atoms with van der Waals surface area (Å²) in [4.78, 5) is 11.6. The van der Waals surface area contributed by atoms with Crippen molar-refractivity contribution in [3.8, 4) is 0 Å². The molecule has 4 rings (SSSR count). The first-order valence-corrected chi connectivity index (χ1v) is 12.2. The van der Waals surface area contributed by atoms with Gasteiger partial charge in [-0.3, -0.25) is 0 Å². The lowest BCUT2D eigenvalue weighted by atomic mass is 10.1. The van der Waals surface area contributed by atoms with E-state index in [2.05, 4.69) is 33.9 Å². The summed E-state index contributed by atoms with van der Waals surface area (Å²) in [6.07, 6.45) is 2.43. The largest absolute Gasteiger partial charge is 0.375 e. The van der Waals surface area contributed by atoms with Crippen LogP contribution >= 0.6 is 0 Å². The summed E-state index contributed by atoms with van der Waals surface area (Å²) in [5.74, 6) is 0.705. The number of likely N-dealkylation sites (N-methyl/N-ethyl adjacent to an activating group) is 1. The molecule has 7 nitrogen and oxygen atoms in total. The highest BCUT2D eigenvalue weighted by molar-refractivity contribution is 5.80. The second-order valence-corrected chi connectivity index (χ2v) is 8.78. The molecule has 2 unspecified atom stereocenters. The van der Waals surface area contributed by atoms with Crippen LogP contribution in [0, 0.1) is 5.82 Å². The van der Waals surface area contributed by atoms with Gasteiger partial charge in [0.05, 0.1) is 24.9 Å². The van der Waals surface area contributed by atoms with Crippen LogP contribution in [0.4, 0.5) is 10.1 Å². The molecule has 0 saturated carbocycles. The molecule has 3 heterocycles. The Labute approximate surface area is 191 Å². The molecular weight excluding hydrogens is 409 g/mol. The Morgan fingerprint density at radius 2 is 1.91 bits per heavy atom. The van der Waals surface area contributed by atoms with Gasteiger partial charge in [-0.05, 0) is 44.0 Å². The molecule has 32 heavy (non-hydrogen) atoms. The number of nitrogens with one attached hydrogen (secondary N) is 1. The molecule has 3 aliphatic rings. The lowest BCUT2D eigenvalue weighted by molar-refractivity contribution is -0.0817. The van der Waals surface area contributed by atoms with Crippen LogP contribution < -0.4 is 10.2 Å². The van der Waals surface area contributed by atoms with Crippen molar-refractivity contribution in [1.29, 1.82) is 0 Å². The number of halogens is 1. The van der Waals surface area contributed by atoms with Crippen LogP contribution in [-0.2, 0) is 16.0 Å². The van der Waals surface area contributed by atoms with Crippen molar-refractivity contribution >= 4 is 11.6 Å². The van der Waals surface area contributed by atoms with E-state index in [1.807, 2.05) is 12.1 Å². The van der Waals surface area contributed by atoms with Gasteiger partial charge >= 0.3 is 0 Å². The molecule has 1 aromatic rings. The zero-order chi connectivity index (χ0) is 22.3. The van der Waals surface area contributed by atoms with Crippen molar-refractivity contribution in [2.75, 3.05) is 70.5 Å². The highest BCUT2D eigenvalue weighted by Gasteiger charge is 2.32. The number of nitrogens with zero attached hydrogens (tertiary/aromatic N) is 4. The average molecular weight is 448 g/mol. The maximum Gasteiger partial charge on any atom is 0.194 e. The number of guanidine groups is 1. The van der Waals surface area contributed by atoms with Gasteiger partial charge in [-0.25, -0.2) is 9.38 Å². The van der Waals surface area contributed by atoms with Crippen LogP contribution in [0.25, 0.3) is 0 Å². The topological polar surface area (TPSA) is 52.6 Å². The quantitative estimate of drug-likeness (QED) is 0.534. The van der Waals surface area contributed by atoms with E-state index in [-0.39, 0.29) is 18.0 Å². The molecule has 1 aromatic carbocycles. The molecule has 0 aromatic heterocycles. The van der Waals surface area contributed by atoms with Gasteiger partial charge in [0.2, 0.25) is 0 Å². The number of benzene rings is 1. The lowest BCUT2D eigenvalue weighted by Crippen LogP contribution is -2.53. The minimum Gasteiger partial charge on any atom is -0.375 e. The summed E-state index contributed by atoms with van der Waals surface area (Å²) in [6, 6.07) is 5.56. The van der Waals surface area contributed by atoms with Crippen LogP contribution in [0.3, 0.4) is 0 Å². The molecule has 0 aliphatic carbocycles. The van der Waals surface area contributed by atoms with Crippen LogP contribution in [-0.4, -0.2) is 93.5 Å². The molecule has 178 valence electrons. The first kappa shape index (κ1) is 23.3. The number of anilines is 1. The molecule has 0 bridgehead atoms. The Kier molecular flexibility index (Phi) is 8.21. The fourth-order valence-corrected chi connectivity index (χ4v) is 4.79. The van der Waals surface area contributed by atoms with E-state index in [9.17, 15) is 4.39 Å². The molecule has 3 fully saturated rings. The molecule has 0 amide bonds. The summed E-state index contributed by atoms with van der Waals surface area (Å²) in [6.45, 7) is 13.3. The van der Waals surface area contributed by atoms with Gasteiger partial charge in [-0.1, -0.05) is 13.0 Å². The Morgan fingerprint density at radius 3 is 2.59 bits per heavy atom. The van der Waals surface area contributed by atoms with E-state index >= 15 is 0 Å². The van der Waals surface area contributed by atoms with Crippen molar-refractivity contribution in [3.63, 3.8) is 0 Å². The van der Waals surface area contributed by atoms with Crippen LogP contribution in [0.5, 0.6) is 0 Å². The van der Waals surface area contributed by atoms with Crippen molar-refractivity contribution in [2.24, 2.45) is 4.99 Å². The standard InChI is InChI=1S/C24H38FN5O2/c1-3-26-24(30-13-15-32-23(18-30)22-6-5-14-31-22)27-17-19-7-8-21(20(25)16-19)29-11-9-28(4-2)10-12-29/h7-8,16,22-23H,3-6,9-15,17-18H2,1-2H3,(H,26,27). The molecule has 0 radical (unpaired) electrons. The lowest BCUT2D eigenvalue weighted by Gasteiger charge is -2.37. The Bertz CT molecular complexity index is 763. The Morgan fingerprint density at radius 1 is 1.09 bits per heavy atom. The van der Waals surface area contributed by atoms with Gasteiger partial charge in [-0.15, -0.1) is 0 Å². The third-order valence-electron chi connectivity index (χ3n) is 6.69. The number of aliphatic imine (C=N–C) groups is 1. The number of rotatable bonds is 6. The average Bonchev–Trinajstić information content (AvgIpc) is 3.37.